The van der Waals surface area contributed by atoms with Gasteiger partial charge in [0.25, 0.3) is 0 Å². The Balaban J connectivity index is 1.63. The van der Waals surface area contributed by atoms with Gasteiger partial charge >= 0.3 is 136 Å². The number of carbonyl (C=O) groups excluding carboxylic acids is 1. The average Bonchev–Trinajstić information content (AvgIpc) is 2.99. The van der Waals surface area contributed by atoms with E-state index in [1.54, 1.807) is 24.4 Å². The summed E-state index contributed by atoms with van der Waals surface area (Å²) in [6.45, 7) is 0. The topological polar surface area (TPSA) is 41.5 Å². The number of carbonyl (C=O) groups is 1. The molecule has 0 aliphatic carbocycles. The molecule has 7 heteroatoms. The monoisotopic (exact) mass is 472 g/mol. The molecule has 3 nitrogen and oxygen atoms in total. The van der Waals surface area contributed by atoms with Crippen LogP contribution in [-0.4, -0.2) is 38.4 Å². The van der Waals surface area contributed by atoms with Crippen LogP contribution in [0.25, 0.3) is 0 Å². The molecular formula is C15H18Cl2N2OSe2. The molecule has 1 N–H and O–H groups in total. The Bertz CT molecular complexity index is 534. The molecule has 1 aromatic rings. The zero-order chi connectivity index (χ0) is 15.8. The van der Waals surface area contributed by atoms with Crippen molar-refractivity contribution >= 4 is 61.6 Å². The van der Waals surface area contributed by atoms with Gasteiger partial charge in [-0.25, -0.2) is 0 Å². The number of hydrazone groups is 1. The van der Waals surface area contributed by atoms with Crippen LogP contribution in [0.4, 0.5) is 0 Å². The quantitative estimate of drug-likeness (QED) is 0.279. The first-order valence-electron chi connectivity index (χ1n) is 7.20. The van der Waals surface area contributed by atoms with E-state index in [4.69, 9.17) is 23.2 Å². The van der Waals surface area contributed by atoms with Crippen molar-refractivity contribution in [1.82, 2.24) is 5.43 Å². The van der Waals surface area contributed by atoms with Gasteiger partial charge in [-0.15, -0.1) is 0 Å². The van der Waals surface area contributed by atoms with Crippen LogP contribution >= 0.6 is 23.2 Å². The number of nitrogens with one attached hydrogen (secondary N) is 1. The van der Waals surface area contributed by atoms with Gasteiger partial charge in [0.05, 0.1) is 0 Å². The zero-order valence-corrected chi connectivity index (χ0v) is 17.0. The third kappa shape index (κ3) is 6.62. The van der Waals surface area contributed by atoms with E-state index in [2.05, 4.69) is 10.5 Å². The first kappa shape index (κ1) is 18.3. The summed E-state index contributed by atoms with van der Waals surface area (Å²) in [5, 5.41) is 6.51. The third-order valence-electron chi connectivity index (χ3n) is 3.26. The number of benzene rings is 1. The molecule has 1 fully saturated rings. The summed E-state index contributed by atoms with van der Waals surface area (Å²) in [6.07, 6.45) is 6.92. The van der Waals surface area contributed by atoms with E-state index in [0.717, 1.165) is 49.5 Å². The molecular weight excluding hydrogens is 453 g/mol. The molecule has 0 aromatic heterocycles. The zero-order valence-electron chi connectivity index (χ0n) is 12.1. The molecule has 1 atom stereocenters. The standard InChI is InChI=1S/C15H18Cl2N2OSe2/c16-12-6-5-11(14(17)9-12)10-18-19-15(20)4-2-1-3-13-7-8-21-22-13/h5-6,9-10,13H,1-4,7-8H2,(H,19,20)/b18-10+. The summed E-state index contributed by atoms with van der Waals surface area (Å²) in [5.41, 5.74) is 3.28. The van der Waals surface area contributed by atoms with E-state index in [-0.39, 0.29) is 5.91 Å². The number of hydrogen-bond acceptors (Lipinski definition) is 2. The van der Waals surface area contributed by atoms with Gasteiger partial charge in [-0.3, -0.25) is 0 Å². The number of amides is 1. The van der Waals surface area contributed by atoms with Gasteiger partial charge in [0.1, 0.15) is 0 Å². The maximum atomic E-state index is 11.7. The van der Waals surface area contributed by atoms with E-state index >= 15 is 0 Å². The minimum absolute atomic E-state index is 0.0394. The van der Waals surface area contributed by atoms with Crippen LogP contribution in [0.1, 0.15) is 37.7 Å². The Labute approximate surface area is 152 Å². The molecule has 2 rings (SSSR count). The van der Waals surface area contributed by atoms with Crippen molar-refractivity contribution in [2.24, 2.45) is 5.10 Å². The van der Waals surface area contributed by atoms with Crippen LogP contribution in [-0.2, 0) is 4.79 Å². The van der Waals surface area contributed by atoms with Gasteiger partial charge in [-0.2, -0.15) is 0 Å². The summed E-state index contributed by atoms with van der Waals surface area (Å²) in [4.78, 5) is 12.7. The second kappa shape index (κ2) is 9.97. The summed E-state index contributed by atoms with van der Waals surface area (Å²) >= 11 is 13.7. The maximum absolute atomic E-state index is 11.7. The Morgan fingerprint density at radius 2 is 2.27 bits per heavy atom. The molecule has 1 aromatic carbocycles. The van der Waals surface area contributed by atoms with Crippen molar-refractivity contribution in [2.75, 3.05) is 0 Å². The van der Waals surface area contributed by atoms with Crippen molar-refractivity contribution in [3.63, 3.8) is 0 Å². The van der Waals surface area contributed by atoms with Gasteiger partial charge in [0.2, 0.25) is 0 Å². The minimum atomic E-state index is -0.0394. The Hall–Kier alpha value is -0.0210. The molecule has 1 amide bonds. The molecule has 1 heterocycles. The van der Waals surface area contributed by atoms with Gasteiger partial charge in [-0.1, -0.05) is 11.6 Å². The number of unbranched alkanes of at least 4 members (excludes halogenated alkanes) is 1. The first-order valence-corrected chi connectivity index (χ1v) is 14.5. The Kier molecular flexibility index (Phi) is 8.30. The predicted molar refractivity (Wildman–Crippen MR) is 95.3 cm³/mol. The molecule has 0 saturated carbocycles. The molecule has 0 bridgehead atoms. The third-order valence-corrected chi connectivity index (χ3v) is 12.8. The van der Waals surface area contributed by atoms with Crippen molar-refractivity contribution < 1.29 is 4.79 Å². The van der Waals surface area contributed by atoms with Crippen molar-refractivity contribution in [2.45, 2.75) is 42.2 Å². The Morgan fingerprint density at radius 1 is 1.41 bits per heavy atom. The van der Waals surface area contributed by atoms with Crippen molar-refractivity contribution in [3.8, 4) is 0 Å². The van der Waals surface area contributed by atoms with Crippen LogP contribution in [0.3, 0.4) is 0 Å². The normalized spacial score (nSPS) is 18.0. The van der Waals surface area contributed by atoms with Crippen LogP contribution in [0.2, 0.25) is 20.2 Å². The molecule has 120 valence electrons. The molecule has 22 heavy (non-hydrogen) atoms. The van der Waals surface area contributed by atoms with Gasteiger partial charge < -0.3 is 0 Å². The van der Waals surface area contributed by atoms with E-state index in [9.17, 15) is 4.79 Å². The van der Waals surface area contributed by atoms with E-state index in [1.807, 2.05) is 0 Å². The van der Waals surface area contributed by atoms with Crippen molar-refractivity contribution in [3.05, 3.63) is 33.8 Å². The van der Waals surface area contributed by atoms with Gasteiger partial charge in [0.15, 0.2) is 0 Å². The Morgan fingerprint density at radius 3 is 3.00 bits per heavy atom. The summed E-state index contributed by atoms with van der Waals surface area (Å²) in [5.74, 6) is -0.0394. The second-order valence-corrected chi connectivity index (χ2v) is 13.7. The van der Waals surface area contributed by atoms with Crippen LogP contribution in [0, 0.1) is 0 Å². The average molecular weight is 471 g/mol. The number of halogens is 2. The fraction of sp³-hybridized carbons (Fsp3) is 0.467. The van der Waals surface area contributed by atoms with Gasteiger partial charge in [0, 0.05) is 5.02 Å². The fourth-order valence-electron chi connectivity index (χ4n) is 2.06. The molecule has 0 spiro atoms. The van der Waals surface area contributed by atoms with E-state index < -0.39 is 0 Å². The van der Waals surface area contributed by atoms with Crippen LogP contribution in [0.15, 0.2) is 23.3 Å². The second-order valence-electron chi connectivity index (χ2n) is 5.03. The molecule has 1 saturated heterocycles. The predicted octanol–water partition coefficient (Wildman–Crippen LogP) is 3.94. The summed E-state index contributed by atoms with van der Waals surface area (Å²) in [6, 6.07) is 5.16. The number of nitrogens with zero attached hydrogens (tertiary/aromatic N) is 1. The van der Waals surface area contributed by atoms with E-state index in [1.165, 1.54) is 18.2 Å². The summed E-state index contributed by atoms with van der Waals surface area (Å²) < 4.78 is 0. The van der Waals surface area contributed by atoms with Crippen LogP contribution < -0.4 is 5.43 Å². The number of rotatable bonds is 7. The molecule has 0 radical (unpaired) electrons. The fourth-order valence-corrected chi connectivity index (χ4v) is 12.0. The van der Waals surface area contributed by atoms with Crippen molar-refractivity contribution in [1.29, 1.82) is 0 Å². The van der Waals surface area contributed by atoms with E-state index in [0.29, 0.717) is 16.5 Å². The number of hydrogen-bond donors (Lipinski definition) is 1. The van der Waals surface area contributed by atoms with Crippen LogP contribution in [0.5, 0.6) is 0 Å². The SMILES string of the molecule is O=C(CCCCC1CC[Se][Se]1)N/N=C/c1ccc(Cl)cc1Cl. The summed E-state index contributed by atoms with van der Waals surface area (Å²) in [7, 11) is 0. The molecule has 1 unspecified atom stereocenters. The first-order chi connectivity index (χ1) is 10.6. The molecule has 1 aliphatic rings. The molecule has 1 aliphatic heterocycles. The van der Waals surface area contributed by atoms with Gasteiger partial charge in [-0.05, 0) is 0 Å².